The van der Waals surface area contributed by atoms with Crippen molar-refractivity contribution in [3.8, 4) is 0 Å². The second kappa shape index (κ2) is 6.16. The average molecular weight is 325 g/mol. The molecule has 4 heteroatoms. The lowest BCUT2D eigenvalue weighted by atomic mass is 9.95. The topological polar surface area (TPSA) is 37.3 Å². The summed E-state index contributed by atoms with van der Waals surface area (Å²) in [6.45, 7) is 0. The minimum atomic E-state index is -0.750. The van der Waals surface area contributed by atoms with Crippen molar-refractivity contribution in [2.24, 2.45) is 0 Å². The summed E-state index contributed by atoms with van der Waals surface area (Å²) in [4.78, 5) is 12.1. The molecule has 1 aromatic carbocycles. The molecule has 0 bridgehead atoms. The molecule has 0 saturated carbocycles. The van der Waals surface area contributed by atoms with E-state index in [9.17, 15) is 4.79 Å². The second-order valence-electron chi connectivity index (χ2n) is 4.11. The van der Waals surface area contributed by atoms with Crippen LogP contribution in [0.1, 0.15) is 22.8 Å². The Morgan fingerprint density at radius 1 is 1.28 bits per heavy atom. The Labute approximate surface area is 118 Å². The molecule has 0 fully saturated rings. The van der Waals surface area contributed by atoms with Gasteiger partial charge in [-0.15, -0.1) is 11.3 Å². The van der Waals surface area contributed by atoms with E-state index in [2.05, 4.69) is 15.9 Å². The maximum Gasteiger partial charge on any atom is 0.304 e. The van der Waals surface area contributed by atoms with Crippen molar-refractivity contribution in [2.45, 2.75) is 18.8 Å². The first kappa shape index (κ1) is 13.3. The normalized spacial score (nSPS) is 12.3. The monoisotopic (exact) mass is 324 g/mol. The van der Waals surface area contributed by atoms with Gasteiger partial charge in [0.05, 0.1) is 6.42 Å². The Morgan fingerprint density at radius 2 is 2.06 bits per heavy atom. The maximum atomic E-state index is 11.0. The quantitative estimate of drug-likeness (QED) is 0.889. The fourth-order valence-electron chi connectivity index (χ4n) is 1.94. The van der Waals surface area contributed by atoms with Crippen LogP contribution < -0.4 is 0 Å². The first-order chi connectivity index (χ1) is 8.66. The van der Waals surface area contributed by atoms with Gasteiger partial charge in [0.2, 0.25) is 0 Å². The first-order valence-corrected chi connectivity index (χ1v) is 7.32. The maximum absolute atomic E-state index is 11.0. The van der Waals surface area contributed by atoms with E-state index < -0.39 is 5.97 Å². The highest BCUT2D eigenvalue weighted by Gasteiger charge is 2.18. The van der Waals surface area contributed by atoms with Crippen molar-refractivity contribution >= 4 is 33.2 Å². The van der Waals surface area contributed by atoms with E-state index in [1.807, 2.05) is 41.8 Å². The van der Waals surface area contributed by atoms with Gasteiger partial charge in [-0.3, -0.25) is 4.79 Å². The van der Waals surface area contributed by atoms with Crippen LogP contribution >= 0.6 is 27.3 Å². The third-order valence-corrected chi connectivity index (χ3v) is 4.60. The van der Waals surface area contributed by atoms with E-state index in [1.165, 1.54) is 0 Å². The Kier molecular flexibility index (Phi) is 4.55. The molecular weight excluding hydrogens is 312 g/mol. The molecule has 2 aromatic rings. The lowest BCUT2D eigenvalue weighted by Crippen LogP contribution is -2.08. The number of aliphatic carboxylic acids is 1. The Morgan fingerprint density at radius 3 is 2.67 bits per heavy atom. The standard InChI is InChI=1S/C14H13BrO2S/c15-12-5-2-1-4-10(12)8-11(9-14(16)17)13-6-3-7-18-13/h1-7,11H,8-9H2,(H,16,17). The molecule has 0 aliphatic heterocycles. The van der Waals surface area contributed by atoms with Crippen molar-refractivity contribution in [2.75, 3.05) is 0 Å². The zero-order chi connectivity index (χ0) is 13.0. The fourth-order valence-corrected chi connectivity index (χ4v) is 3.21. The Balaban J connectivity index is 2.20. The van der Waals surface area contributed by atoms with E-state index in [0.29, 0.717) is 0 Å². The fraction of sp³-hybridized carbons (Fsp3) is 0.214. The summed E-state index contributed by atoms with van der Waals surface area (Å²) in [5.41, 5.74) is 1.15. The molecule has 0 aliphatic rings. The van der Waals surface area contributed by atoms with Crippen molar-refractivity contribution in [1.82, 2.24) is 0 Å². The van der Waals surface area contributed by atoms with E-state index in [0.717, 1.165) is 21.3 Å². The van der Waals surface area contributed by atoms with Crippen LogP contribution in [0, 0.1) is 0 Å². The van der Waals surface area contributed by atoms with E-state index in [-0.39, 0.29) is 12.3 Å². The molecule has 1 aromatic heterocycles. The van der Waals surface area contributed by atoms with E-state index in [1.54, 1.807) is 11.3 Å². The van der Waals surface area contributed by atoms with Gasteiger partial charge in [0.25, 0.3) is 0 Å². The molecular formula is C14H13BrO2S. The predicted molar refractivity (Wildman–Crippen MR) is 77.2 cm³/mol. The van der Waals surface area contributed by atoms with Gasteiger partial charge in [0, 0.05) is 15.3 Å². The third kappa shape index (κ3) is 3.43. The molecule has 1 unspecified atom stereocenters. The highest BCUT2D eigenvalue weighted by atomic mass is 79.9. The molecule has 1 atom stereocenters. The number of hydrogen-bond donors (Lipinski definition) is 1. The van der Waals surface area contributed by atoms with Gasteiger partial charge in [-0.1, -0.05) is 40.2 Å². The van der Waals surface area contributed by atoms with Gasteiger partial charge in [0.1, 0.15) is 0 Å². The largest absolute Gasteiger partial charge is 0.481 e. The molecule has 0 spiro atoms. The lowest BCUT2D eigenvalue weighted by molar-refractivity contribution is -0.137. The Bertz CT molecular complexity index is 522. The van der Waals surface area contributed by atoms with Gasteiger partial charge in [0.15, 0.2) is 0 Å². The summed E-state index contributed by atoms with van der Waals surface area (Å²) in [6, 6.07) is 11.9. The van der Waals surface area contributed by atoms with Crippen LogP contribution in [-0.2, 0) is 11.2 Å². The average Bonchev–Trinajstić information content (AvgIpc) is 2.84. The molecule has 2 rings (SSSR count). The molecule has 0 radical (unpaired) electrons. The summed E-state index contributed by atoms with van der Waals surface area (Å²) in [7, 11) is 0. The van der Waals surface area contributed by atoms with Crippen LogP contribution in [0.15, 0.2) is 46.3 Å². The number of carbonyl (C=O) groups is 1. The van der Waals surface area contributed by atoms with Crippen LogP contribution in [0.4, 0.5) is 0 Å². The second-order valence-corrected chi connectivity index (χ2v) is 5.94. The van der Waals surface area contributed by atoms with Crippen LogP contribution in [0.25, 0.3) is 0 Å². The van der Waals surface area contributed by atoms with Crippen molar-refractivity contribution in [3.05, 3.63) is 56.7 Å². The lowest BCUT2D eigenvalue weighted by Gasteiger charge is -2.14. The number of rotatable bonds is 5. The molecule has 0 aliphatic carbocycles. The smallest absolute Gasteiger partial charge is 0.304 e. The molecule has 1 N–H and O–H groups in total. The number of carboxylic acid groups (broad SMARTS) is 1. The minimum absolute atomic E-state index is 0.0428. The van der Waals surface area contributed by atoms with Gasteiger partial charge < -0.3 is 5.11 Å². The molecule has 1 heterocycles. The zero-order valence-electron chi connectivity index (χ0n) is 9.67. The van der Waals surface area contributed by atoms with Gasteiger partial charge in [-0.25, -0.2) is 0 Å². The summed E-state index contributed by atoms with van der Waals surface area (Å²) in [6.07, 6.45) is 0.913. The molecule has 2 nitrogen and oxygen atoms in total. The number of hydrogen-bond acceptors (Lipinski definition) is 2. The van der Waals surface area contributed by atoms with Gasteiger partial charge in [-0.05, 0) is 29.5 Å². The van der Waals surface area contributed by atoms with E-state index in [4.69, 9.17) is 5.11 Å². The van der Waals surface area contributed by atoms with Crippen molar-refractivity contribution in [3.63, 3.8) is 0 Å². The molecule has 94 valence electrons. The minimum Gasteiger partial charge on any atom is -0.481 e. The summed E-state index contributed by atoms with van der Waals surface area (Å²) < 4.78 is 1.04. The van der Waals surface area contributed by atoms with Gasteiger partial charge in [-0.2, -0.15) is 0 Å². The molecule has 18 heavy (non-hydrogen) atoms. The highest BCUT2D eigenvalue weighted by Crippen LogP contribution is 2.30. The predicted octanol–water partition coefficient (Wildman–Crippen LogP) is 4.31. The molecule has 0 amide bonds. The van der Waals surface area contributed by atoms with Crippen LogP contribution in [0.3, 0.4) is 0 Å². The van der Waals surface area contributed by atoms with Crippen LogP contribution in [-0.4, -0.2) is 11.1 Å². The first-order valence-electron chi connectivity index (χ1n) is 5.65. The Hall–Kier alpha value is -1.13. The number of benzene rings is 1. The SMILES string of the molecule is O=C(O)CC(Cc1ccccc1Br)c1cccs1. The van der Waals surface area contributed by atoms with Gasteiger partial charge >= 0.3 is 5.97 Å². The summed E-state index contributed by atoms with van der Waals surface area (Å²) in [5, 5.41) is 11.0. The van der Waals surface area contributed by atoms with Crippen molar-refractivity contribution in [1.29, 1.82) is 0 Å². The number of halogens is 1. The third-order valence-electron chi connectivity index (χ3n) is 2.79. The number of thiophene rings is 1. The zero-order valence-corrected chi connectivity index (χ0v) is 12.1. The van der Waals surface area contributed by atoms with Crippen molar-refractivity contribution < 1.29 is 9.90 Å². The van der Waals surface area contributed by atoms with E-state index >= 15 is 0 Å². The summed E-state index contributed by atoms with van der Waals surface area (Å²) >= 11 is 5.13. The number of carboxylic acids is 1. The highest BCUT2D eigenvalue weighted by molar-refractivity contribution is 9.10. The summed E-state index contributed by atoms with van der Waals surface area (Å²) in [5.74, 6) is -0.707. The molecule has 0 saturated heterocycles. The van der Waals surface area contributed by atoms with Crippen LogP contribution in [0.5, 0.6) is 0 Å². The van der Waals surface area contributed by atoms with Crippen LogP contribution in [0.2, 0.25) is 0 Å².